The van der Waals surface area contributed by atoms with Crippen LogP contribution in [0.5, 0.6) is 11.5 Å². The smallest absolute Gasteiger partial charge is 0.407 e. The lowest BCUT2D eigenvalue weighted by Crippen LogP contribution is -2.44. The summed E-state index contributed by atoms with van der Waals surface area (Å²) in [5, 5.41) is 11.7. The van der Waals surface area contributed by atoms with Gasteiger partial charge in [-0.3, -0.25) is 0 Å². The molecule has 0 aliphatic rings. The molecule has 1 amide bonds. The van der Waals surface area contributed by atoms with Crippen LogP contribution in [-0.2, 0) is 16.0 Å². The number of phenols is 1. The Kier molecular flexibility index (Phi) is 5.57. The molecule has 6 nitrogen and oxygen atoms in total. The first-order chi connectivity index (χ1) is 11.1. The van der Waals surface area contributed by atoms with E-state index in [0.717, 1.165) is 5.56 Å². The van der Waals surface area contributed by atoms with Gasteiger partial charge >= 0.3 is 12.1 Å². The van der Waals surface area contributed by atoms with E-state index in [0.29, 0.717) is 5.75 Å². The number of nitrogens with one attached hydrogen (secondary N) is 1. The van der Waals surface area contributed by atoms with Crippen molar-refractivity contribution in [2.45, 2.75) is 12.5 Å². The molecule has 23 heavy (non-hydrogen) atoms. The van der Waals surface area contributed by atoms with Gasteiger partial charge in [-0.1, -0.05) is 30.3 Å². The van der Waals surface area contributed by atoms with E-state index in [1.807, 2.05) is 0 Å². The average molecular weight is 315 g/mol. The number of methoxy groups -OCH3 is 1. The van der Waals surface area contributed by atoms with Crippen LogP contribution in [0.1, 0.15) is 5.56 Å². The topological polar surface area (TPSA) is 84.9 Å². The zero-order valence-corrected chi connectivity index (χ0v) is 12.6. The summed E-state index contributed by atoms with van der Waals surface area (Å²) in [6.07, 6.45) is -0.514. The van der Waals surface area contributed by atoms with Crippen LogP contribution < -0.4 is 10.1 Å². The predicted octanol–water partition coefficient (Wildman–Crippen LogP) is 2.26. The SMILES string of the molecule is COC(=O)N[C@H](Cc1ccc(O)cc1)C(=O)Oc1ccccc1. The molecule has 0 aromatic heterocycles. The fraction of sp³-hybridized carbons (Fsp3) is 0.176. The third-order valence-corrected chi connectivity index (χ3v) is 3.10. The van der Waals surface area contributed by atoms with Crippen molar-refractivity contribution in [3.8, 4) is 11.5 Å². The Morgan fingerprint density at radius 3 is 2.35 bits per heavy atom. The summed E-state index contributed by atoms with van der Waals surface area (Å²) in [4.78, 5) is 23.7. The zero-order chi connectivity index (χ0) is 16.7. The maximum absolute atomic E-state index is 12.3. The van der Waals surface area contributed by atoms with Crippen molar-refractivity contribution in [1.29, 1.82) is 0 Å². The summed E-state index contributed by atoms with van der Waals surface area (Å²) in [5.41, 5.74) is 0.759. The molecule has 1 atom stereocenters. The van der Waals surface area contributed by atoms with Gasteiger partial charge in [-0.05, 0) is 29.8 Å². The fourth-order valence-corrected chi connectivity index (χ4v) is 1.94. The van der Waals surface area contributed by atoms with Gasteiger partial charge in [-0.25, -0.2) is 9.59 Å². The van der Waals surface area contributed by atoms with Crippen LogP contribution in [0, 0.1) is 0 Å². The van der Waals surface area contributed by atoms with Crippen molar-refractivity contribution in [3.63, 3.8) is 0 Å². The Labute approximate surface area is 133 Å². The van der Waals surface area contributed by atoms with Crippen molar-refractivity contribution in [2.24, 2.45) is 0 Å². The number of carbonyl (C=O) groups is 2. The fourth-order valence-electron chi connectivity index (χ4n) is 1.94. The molecule has 2 N–H and O–H groups in total. The normalized spacial score (nSPS) is 11.3. The predicted molar refractivity (Wildman–Crippen MR) is 83.2 cm³/mol. The molecule has 0 heterocycles. The van der Waals surface area contributed by atoms with Crippen molar-refractivity contribution in [2.75, 3.05) is 7.11 Å². The maximum Gasteiger partial charge on any atom is 0.407 e. The van der Waals surface area contributed by atoms with Crippen molar-refractivity contribution in [3.05, 3.63) is 60.2 Å². The first-order valence-corrected chi connectivity index (χ1v) is 6.97. The lowest BCUT2D eigenvalue weighted by Gasteiger charge is -2.17. The second-order valence-electron chi connectivity index (χ2n) is 4.79. The van der Waals surface area contributed by atoms with Gasteiger partial charge in [-0.2, -0.15) is 0 Å². The molecule has 0 aliphatic carbocycles. The lowest BCUT2D eigenvalue weighted by molar-refractivity contribution is -0.136. The molecule has 2 aromatic carbocycles. The van der Waals surface area contributed by atoms with Crippen LogP contribution in [0.2, 0.25) is 0 Å². The summed E-state index contributed by atoms with van der Waals surface area (Å²) < 4.78 is 9.80. The number of aromatic hydroxyl groups is 1. The number of carbonyl (C=O) groups excluding carboxylic acids is 2. The highest BCUT2D eigenvalue weighted by molar-refractivity contribution is 5.83. The van der Waals surface area contributed by atoms with Crippen molar-refractivity contribution < 1.29 is 24.2 Å². The standard InChI is InChI=1S/C17H17NO5/c1-22-17(21)18-15(11-12-7-9-13(19)10-8-12)16(20)23-14-5-3-2-4-6-14/h2-10,15,19H,11H2,1H3,(H,18,21)/t15-/m1/s1. The van der Waals surface area contributed by atoms with E-state index in [-0.39, 0.29) is 12.2 Å². The molecule has 6 heteroatoms. The van der Waals surface area contributed by atoms with Gasteiger partial charge < -0.3 is 19.9 Å². The first-order valence-electron chi connectivity index (χ1n) is 6.97. The van der Waals surface area contributed by atoms with E-state index in [9.17, 15) is 14.7 Å². The quantitative estimate of drug-likeness (QED) is 0.653. The van der Waals surface area contributed by atoms with Gasteiger partial charge in [0.1, 0.15) is 17.5 Å². The van der Waals surface area contributed by atoms with E-state index in [1.165, 1.54) is 19.2 Å². The number of alkyl carbamates (subject to hydrolysis) is 1. The first kappa shape index (κ1) is 16.4. The Balaban J connectivity index is 2.10. The Morgan fingerprint density at radius 1 is 1.09 bits per heavy atom. The molecule has 120 valence electrons. The Hall–Kier alpha value is -3.02. The Bertz CT molecular complexity index is 654. The van der Waals surface area contributed by atoms with Gasteiger partial charge in [0.05, 0.1) is 7.11 Å². The van der Waals surface area contributed by atoms with Crippen LogP contribution >= 0.6 is 0 Å². The van der Waals surface area contributed by atoms with Crippen molar-refractivity contribution in [1.82, 2.24) is 5.32 Å². The number of amides is 1. The Morgan fingerprint density at radius 2 is 1.74 bits per heavy atom. The van der Waals surface area contributed by atoms with Crippen LogP contribution in [0.3, 0.4) is 0 Å². The van der Waals surface area contributed by atoms with Crippen LogP contribution in [0.4, 0.5) is 4.79 Å². The van der Waals surface area contributed by atoms with Crippen LogP contribution in [0.15, 0.2) is 54.6 Å². The molecule has 0 unspecified atom stereocenters. The molecular formula is C17H17NO5. The number of esters is 1. The molecule has 0 radical (unpaired) electrons. The molecule has 0 spiro atoms. The summed E-state index contributed by atoms with van der Waals surface area (Å²) in [7, 11) is 1.22. The molecule has 0 saturated heterocycles. The van der Waals surface area contributed by atoms with E-state index in [1.54, 1.807) is 42.5 Å². The van der Waals surface area contributed by atoms with Gasteiger partial charge in [0.15, 0.2) is 0 Å². The largest absolute Gasteiger partial charge is 0.508 e. The third kappa shape index (κ3) is 5.03. The highest BCUT2D eigenvalue weighted by Gasteiger charge is 2.23. The number of phenolic OH excluding ortho intramolecular Hbond substituents is 1. The molecule has 2 aromatic rings. The number of rotatable bonds is 5. The van der Waals surface area contributed by atoms with Gasteiger partial charge in [-0.15, -0.1) is 0 Å². The number of hydrogen-bond donors (Lipinski definition) is 2. The molecule has 0 bridgehead atoms. The molecule has 0 fully saturated rings. The average Bonchev–Trinajstić information content (AvgIpc) is 2.57. The molecule has 0 aliphatic heterocycles. The highest BCUT2D eigenvalue weighted by atomic mass is 16.5. The minimum Gasteiger partial charge on any atom is -0.508 e. The minimum atomic E-state index is -0.910. The van der Waals surface area contributed by atoms with Crippen LogP contribution in [-0.4, -0.2) is 30.3 Å². The van der Waals surface area contributed by atoms with E-state index >= 15 is 0 Å². The number of para-hydroxylation sites is 1. The second-order valence-corrected chi connectivity index (χ2v) is 4.79. The number of benzene rings is 2. The third-order valence-electron chi connectivity index (χ3n) is 3.10. The maximum atomic E-state index is 12.3. The summed E-state index contributed by atoms with van der Waals surface area (Å²) in [6, 6.07) is 14.0. The van der Waals surface area contributed by atoms with Gasteiger partial charge in [0, 0.05) is 6.42 Å². The second kappa shape index (κ2) is 7.84. The summed E-state index contributed by atoms with van der Waals surface area (Å²) in [6.45, 7) is 0. The molecule has 2 rings (SSSR count). The number of ether oxygens (including phenoxy) is 2. The van der Waals surface area contributed by atoms with E-state index in [4.69, 9.17) is 4.74 Å². The highest BCUT2D eigenvalue weighted by Crippen LogP contribution is 2.14. The van der Waals surface area contributed by atoms with Crippen LogP contribution in [0.25, 0.3) is 0 Å². The van der Waals surface area contributed by atoms with Gasteiger partial charge in [0.25, 0.3) is 0 Å². The summed E-state index contributed by atoms with van der Waals surface area (Å²) in [5.74, 6) is -0.0902. The van der Waals surface area contributed by atoms with Crippen molar-refractivity contribution >= 4 is 12.1 Å². The number of hydrogen-bond acceptors (Lipinski definition) is 5. The molecular weight excluding hydrogens is 298 g/mol. The van der Waals surface area contributed by atoms with E-state index < -0.39 is 18.1 Å². The monoisotopic (exact) mass is 315 g/mol. The minimum absolute atomic E-state index is 0.123. The lowest BCUT2D eigenvalue weighted by atomic mass is 10.1. The van der Waals surface area contributed by atoms with E-state index in [2.05, 4.69) is 10.1 Å². The van der Waals surface area contributed by atoms with Gasteiger partial charge in [0.2, 0.25) is 0 Å². The summed E-state index contributed by atoms with van der Waals surface area (Å²) >= 11 is 0. The molecule has 0 saturated carbocycles. The zero-order valence-electron chi connectivity index (χ0n) is 12.6.